The van der Waals surface area contributed by atoms with Crippen LogP contribution in [0.25, 0.3) is 22.1 Å². The molecule has 1 atom stereocenters. The van der Waals surface area contributed by atoms with Crippen molar-refractivity contribution in [2.75, 3.05) is 0 Å². The van der Waals surface area contributed by atoms with Crippen LogP contribution in [-0.4, -0.2) is 36.9 Å². The van der Waals surface area contributed by atoms with E-state index >= 15 is 0 Å². The summed E-state index contributed by atoms with van der Waals surface area (Å²) in [5, 5.41) is 0.778. The van der Waals surface area contributed by atoms with Gasteiger partial charge in [-0.15, -0.1) is 0 Å². The van der Waals surface area contributed by atoms with E-state index in [0.29, 0.717) is 5.65 Å². The fourth-order valence-corrected chi connectivity index (χ4v) is 5.71. The zero-order chi connectivity index (χ0) is 20.3. The van der Waals surface area contributed by atoms with Crippen LogP contribution >= 0.6 is 0 Å². The molecule has 0 radical (unpaired) electrons. The number of hydrogen-bond donors (Lipinski definition) is 1. The highest BCUT2D eigenvalue weighted by atomic mass is 32.2. The molecule has 4 aromatic heterocycles. The van der Waals surface area contributed by atoms with E-state index < -0.39 is 10.0 Å². The molecule has 0 spiro atoms. The van der Waals surface area contributed by atoms with Crippen LogP contribution in [-0.2, 0) is 22.9 Å². The van der Waals surface area contributed by atoms with E-state index in [1.165, 1.54) is 3.97 Å². The van der Waals surface area contributed by atoms with E-state index in [2.05, 4.69) is 24.5 Å². The molecule has 0 fully saturated rings. The zero-order valence-electron chi connectivity index (χ0n) is 15.9. The molecule has 0 saturated carbocycles. The third-order valence-electron chi connectivity index (χ3n) is 5.87. The van der Waals surface area contributed by atoms with Crippen molar-refractivity contribution in [3.05, 3.63) is 72.8 Å². The zero-order valence-corrected chi connectivity index (χ0v) is 16.7. The number of aryl methyl sites for hydroxylation is 1. The minimum atomic E-state index is -3.73. The molecule has 0 aliphatic heterocycles. The molecule has 1 aromatic carbocycles. The van der Waals surface area contributed by atoms with Crippen LogP contribution in [0.1, 0.15) is 23.9 Å². The Balaban J connectivity index is 1.52. The highest BCUT2D eigenvalue weighted by Crippen LogP contribution is 2.33. The summed E-state index contributed by atoms with van der Waals surface area (Å²) in [6.07, 6.45) is 9.50. The van der Waals surface area contributed by atoms with Gasteiger partial charge in [0.2, 0.25) is 0 Å². The van der Waals surface area contributed by atoms with Crippen molar-refractivity contribution in [2.24, 2.45) is 0 Å². The van der Waals surface area contributed by atoms with Crippen molar-refractivity contribution in [1.82, 2.24) is 28.5 Å². The van der Waals surface area contributed by atoms with Gasteiger partial charge in [0.05, 0.1) is 35.0 Å². The molecule has 150 valence electrons. The lowest BCUT2D eigenvalue weighted by atomic mass is 9.96. The Morgan fingerprint density at radius 1 is 1.07 bits per heavy atom. The molecule has 0 saturated heterocycles. The van der Waals surface area contributed by atoms with Crippen LogP contribution in [0.3, 0.4) is 0 Å². The quantitative estimate of drug-likeness (QED) is 0.485. The fourth-order valence-electron chi connectivity index (χ4n) is 4.38. The molecular weight excluding hydrogens is 400 g/mol. The molecule has 5 aromatic rings. The number of nitrogens with one attached hydrogen (secondary N) is 1. The van der Waals surface area contributed by atoms with Crippen molar-refractivity contribution in [3.63, 3.8) is 0 Å². The van der Waals surface area contributed by atoms with Crippen LogP contribution < -0.4 is 0 Å². The summed E-state index contributed by atoms with van der Waals surface area (Å²) >= 11 is 0. The van der Waals surface area contributed by atoms with E-state index in [9.17, 15) is 8.42 Å². The maximum absolute atomic E-state index is 13.2. The summed E-state index contributed by atoms with van der Waals surface area (Å²) in [7, 11) is -3.73. The second kappa shape index (κ2) is 6.27. The fraction of sp³-hybridized carbons (Fsp3) is 0.190. The van der Waals surface area contributed by atoms with Crippen molar-refractivity contribution < 1.29 is 8.42 Å². The monoisotopic (exact) mass is 418 g/mol. The molecule has 9 heteroatoms. The number of aromatic amines is 1. The molecule has 1 aliphatic rings. The van der Waals surface area contributed by atoms with Gasteiger partial charge in [-0.2, -0.15) is 0 Å². The van der Waals surface area contributed by atoms with Gasteiger partial charge in [-0.05, 0) is 31.0 Å². The third kappa shape index (κ3) is 2.45. The molecule has 4 heterocycles. The van der Waals surface area contributed by atoms with Crippen LogP contribution in [0.4, 0.5) is 0 Å². The number of H-pyrrole nitrogens is 1. The van der Waals surface area contributed by atoms with Gasteiger partial charge in [0.15, 0.2) is 5.65 Å². The highest BCUT2D eigenvalue weighted by Gasteiger charge is 2.26. The lowest BCUT2D eigenvalue weighted by molar-refractivity contribution is 0.446. The normalized spacial score (nSPS) is 16.9. The Labute approximate surface area is 172 Å². The van der Waals surface area contributed by atoms with Crippen LogP contribution in [0, 0.1) is 0 Å². The molecule has 0 amide bonds. The number of pyridine rings is 1. The average Bonchev–Trinajstić information content (AvgIpc) is 3.50. The SMILES string of the molecule is O=S(=O)(c1ccccc1)n1ccc2c3c(cnc21)ncn3C1CCc2nc[nH]c2C1. The van der Waals surface area contributed by atoms with E-state index in [0.717, 1.165) is 47.1 Å². The van der Waals surface area contributed by atoms with Gasteiger partial charge < -0.3 is 9.55 Å². The lowest BCUT2D eigenvalue weighted by Crippen LogP contribution is -2.18. The summed E-state index contributed by atoms with van der Waals surface area (Å²) in [5.41, 5.74) is 4.36. The number of imidazole rings is 2. The van der Waals surface area contributed by atoms with E-state index in [4.69, 9.17) is 0 Å². The third-order valence-corrected chi connectivity index (χ3v) is 7.55. The number of benzene rings is 1. The first kappa shape index (κ1) is 17.4. The Hall–Kier alpha value is -3.46. The summed E-state index contributed by atoms with van der Waals surface area (Å²) in [6, 6.07) is 10.4. The molecule has 1 N–H and O–H groups in total. The summed E-state index contributed by atoms with van der Waals surface area (Å²) in [4.78, 5) is 16.8. The van der Waals surface area contributed by atoms with Gasteiger partial charge in [-0.25, -0.2) is 27.3 Å². The molecule has 8 nitrogen and oxygen atoms in total. The van der Waals surface area contributed by atoms with Crippen molar-refractivity contribution >= 4 is 32.1 Å². The van der Waals surface area contributed by atoms with Gasteiger partial charge in [0.25, 0.3) is 10.0 Å². The molecular formula is C21H18N6O2S. The molecule has 6 rings (SSSR count). The number of rotatable bonds is 3. The molecule has 1 unspecified atom stereocenters. The van der Waals surface area contributed by atoms with Gasteiger partial charge in [0.1, 0.15) is 5.52 Å². The van der Waals surface area contributed by atoms with Crippen LogP contribution in [0.5, 0.6) is 0 Å². The van der Waals surface area contributed by atoms with Crippen molar-refractivity contribution in [1.29, 1.82) is 0 Å². The lowest BCUT2D eigenvalue weighted by Gasteiger charge is -2.23. The van der Waals surface area contributed by atoms with Crippen LogP contribution in [0.2, 0.25) is 0 Å². The van der Waals surface area contributed by atoms with Gasteiger partial charge >= 0.3 is 0 Å². The number of hydrogen-bond acceptors (Lipinski definition) is 5. The van der Waals surface area contributed by atoms with Gasteiger partial charge in [-0.3, -0.25) is 0 Å². The first-order chi connectivity index (χ1) is 14.6. The maximum atomic E-state index is 13.2. The van der Waals surface area contributed by atoms with Gasteiger partial charge in [0, 0.05) is 29.7 Å². The first-order valence-electron chi connectivity index (χ1n) is 9.77. The largest absolute Gasteiger partial charge is 0.348 e. The predicted molar refractivity (Wildman–Crippen MR) is 112 cm³/mol. The topological polar surface area (TPSA) is 98.5 Å². The van der Waals surface area contributed by atoms with Crippen molar-refractivity contribution in [3.8, 4) is 0 Å². The minimum absolute atomic E-state index is 0.225. The Bertz CT molecular complexity index is 1500. The maximum Gasteiger partial charge on any atom is 0.269 e. The van der Waals surface area contributed by atoms with Crippen LogP contribution in [0.15, 0.2) is 66.3 Å². The smallest absolute Gasteiger partial charge is 0.269 e. The summed E-state index contributed by atoms with van der Waals surface area (Å²) in [5.74, 6) is 0. The van der Waals surface area contributed by atoms with E-state index in [1.54, 1.807) is 49.1 Å². The highest BCUT2D eigenvalue weighted by molar-refractivity contribution is 7.90. The Morgan fingerprint density at radius 3 is 2.80 bits per heavy atom. The summed E-state index contributed by atoms with van der Waals surface area (Å²) < 4.78 is 29.7. The molecule has 30 heavy (non-hydrogen) atoms. The Kier molecular flexibility index (Phi) is 3.64. The number of aromatic nitrogens is 6. The standard InChI is InChI=1S/C21H18N6O2S/c28-30(29,15-4-2-1-3-5-15)27-9-8-16-20-19(11-22-21(16)27)25-13-26(20)14-6-7-17-18(10-14)24-12-23-17/h1-5,8-9,11-14H,6-7,10H2,(H,23,24). The number of fused-ring (bicyclic) bond motifs is 4. The summed E-state index contributed by atoms with van der Waals surface area (Å²) in [6.45, 7) is 0. The van der Waals surface area contributed by atoms with E-state index in [1.807, 2.05) is 12.4 Å². The Morgan fingerprint density at radius 2 is 1.93 bits per heavy atom. The van der Waals surface area contributed by atoms with E-state index in [-0.39, 0.29) is 10.9 Å². The molecule has 1 aliphatic carbocycles. The second-order valence-corrected chi connectivity index (χ2v) is 9.35. The second-order valence-electron chi connectivity index (χ2n) is 7.54. The average molecular weight is 418 g/mol. The van der Waals surface area contributed by atoms with Crippen molar-refractivity contribution in [2.45, 2.75) is 30.2 Å². The molecule has 0 bridgehead atoms. The number of nitrogens with zero attached hydrogens (tertiary/aromatic N) is 5. The van der Waals surface area contributed by atoms with Gasteiger partial charge in [-0.1, -0.05) is 18.2 Å². The first-order valence-corrected chi connectivity index (χ1v) is 11.2. The predicted octanol–water partition coefficient (Wildman–Crippen LogP) is 3.08. The minimum Gasteiger partial charge on any atom is -0.348 e.